The van der Waals surface area contributed by atoms with Crippen molar-refractivity contribution in [1.82, 2.24) is 0 Å². The topological polar surface area (TPSA) is 54.0 Å². The molecule has 0 N–H and O–H groups in total. The van der Waals surface area contributed by atoms with Crippen LogP contribution in [0.3, 0.4) is 0 Å². The SMILES string of the molecule is COC(=O)c1ccc(OC)c(O[C@H]2CC[C@H](O[Si](C)(C)C(C)(C)C)C2)c1. The number of hydrogen-bond donors (Lipinski definition) is 0. The molecule has 0 heterocycles. The van der Waals surface area contributed by atoms with E-state index in [2.05, 4.69) is 33.9 Å². The van der Waals surface area contributed by atoms with Crippen LogP contribution in [0.4, 0.5) is 0 Å². The van der Waals surface area contributed by atoms with Gasteiger partial charge in [-0.15, -0.1) is 0 Å². The van der Waals surface area contributed by atoms with E-state index in [1.807, 2.05) is 0 Å². The van der Waals surface area contributed by atoms with E-state index in [9.17, 15) is 4.79 Å². The summed E-state index contributed by atoms with van der Waals surface area (Å²) >= 11 is 0. The van der Waals surface area contributed by atoms with Crippen molar-refractivity contribution in [3.8, 4) is 11.5 Å². The molecule has 1 saturated carbocycles. The minimum absolute atomic E-state index is 0.0616. The van der Waals surface area contributed by atoms with Crippen molar-refractivity contribution >= 4 is 14.3 Å². The average Bonchev–Trinajstić information content (AvgIpc) is 2.99. The lowest BCUT2D eigenvalue weighted by Gasteiger charge is -2.38. The Hall–Kier alpha value is -1.53. The molecule has 1 aromatic carbocycles. The molecule has 146 valence electrons. The van der Waals surface area contributed by atoms with Gasteiger partial charge in [-0.25, -0.2) is 4.79 Å². The highest BCUT2D eigenvalue weighted by atomic mass is 28.4. The van der Waals surface area contributed by atoms with Crippen LogP contribution in [-0.4, -0.2) is 40.7 Å². The molecule has 0 aliphatic heterocycles. The molecule has 0 radical (unpaired) electrons. The van der Waals surface area contributed by atoms with Gasteiger partial charge < -0.3 is 18.6 Å². The van der Waals surface area contributed by atoms with Crippen molar-refractivity contribution in [3.05, 3.63) is 23.8 Å². The predicted molar refractivity (Wildman–Crippen MR) is 105 cm³/mol. The second-order valence-corrected chi connectivity index (χ2v) is 13.2. The Morgan fingerprint density at radius 3 is 2.31 bits per heavy atom. The van der Waals surface area contributed by atoms with Crippen molar-refractivity contribution in [3.63, 3.8) is 0 Å². The van der Waals surface area contributed by atoms with E-state index in [1.165, 1.54) is 7.11 Å². The number of ether oxygens (including phenoxy) is 3. The van der Waals surface area contributed by atoms with Gasteiger partial charge in [0, 0.05) is 12.5 Å². The molecule has 0 unspecified atom stereocenters. The molecule has 26 heavy (non-hydrogen) atoms. The summed E-state index contributed by atoms with van der Waals surface area (Å²) in [5.41, 5.74) is 0.454. The predicted octanol–water partition coefficient (Wildman–Crippen LogP) is 4.80. The van der Waals surface area contributed by atoms with Gasteiger partial charge in [-0.2, -0.15) is 0 Å². The molecule has 1 aliphatic carbocycles. The van der Waals surface area contributed by atoms with Crippen LogP contribution in [0.2, 0.25) is 18.1 Å². The van der Waals surface area contributed by atoms with Gasteiger partial charge in [0.15, 0.2) is 19.8 Å². The summed E-state index contributed by atoms with van der Waals surface area (Å²) in [6.45, 7) is 11.3. The molecule has 0 aromatic heterocycles. The van der Waals surface area contributed by atoms with Gasteiger partial charge in [0.1, 0.15) is 6.10 Å². The number of hydrogen-bond acceptors (Lipinski definition) is 5. The standard InChI is InChI=1S/C20H32O5Si/c1-20(2,3)26(6,7)25-16-10-9-15(13-16)24-18-12-14(19(21)23-5)8-11-17(18)22-4/h8,11-12,15-16H,9-10,13H2,1-7H3/t15-,16-/m0/s1. The molecule has 1 aromatic rings. The van der Waals surface area contributed by atoms with Gasteiger partial charge in [0.2, 0.25) is 0 Å². The summed E-state index contributed by atoms with van der Waals surface area (Å²) in [6, 6.07) is 5.10. The van der Waals surface area contributed by atoms with Crippen LogP contribution < -0.4 is 9.47 Å². The fourth-order valence-corrected chi connectivity index (χ4v) is 4.30. The summed E-state index contributed by atoms with van der Waals surface area (Å²) in [5.74, 6) is 0.808. The Labute approximate surface area is 158 Å². The first kappa shape index (κ1) is 20.8. The van der Waals surface area contributed by atoms with Crippen molar-refractivity contribution < 1.29 is 23.4 Å². The lowest BCUT2D eigenvalue weighted by molar-refractivity contribution is 0.0599. The average molecular weight is 381 g/mol. The van der Waals surface area contributed by atoms with E-state index in [1.54, 1.807) is 25.3 Å². The first-order valence-corrected chi connectivity index (χ1v) is 12.1. The largest absolute Gasteiger partial charge is 0.493 e. The van der Waals surface area contributed by atoms with E-state index in [-0.39, 0.29) is 23.2 Å². The number of esters is 1. The van der Waals surface area contributed by atoms with Crippen LogP contribution in [-0.2, 0) is 9.16 Å². The van der Waals surface area contributed by atoms with E-state index >= 15 is 0 Å². The Balaban J connectivity index is 2.05. The fourth-order valence-electron chi connectivity index (χ4n) is 2.90. The zero-order chi connectivity index (χ0) is 19.5. The van der Waals surface area contributed by atoms with Crippen LogP contribution in [0.1, 0.15) is 50.4 Å². The molecule has 0 saturated heterocycles. The van der Waals surface area contributed by atoms with E-state index in [0.717, 1.165) is 19.3 Å². The maximum Gasteiger partial charge on any atom is 0.337 e. The lowest BCUT2D eigenvalue weighted by Crippen LogP contribution is -2.43. The van der Waals surface area contributed by atoms with Gasteiger partial charge in [-0.05, 0) is 49.2 Å². The highest BCUT2D eigenvalue weighted by Gasteiger charge is 2.41. The minimum Gasteiger partial charge on any atom is -0.493 e. The fraction of sp³-hybridized carbons (Fsp3) is 0.650. The van der Waals surface area contributed by atoms with Crippen LogP contribution >= 0.6 is 0 Å². The molecule has 6 heteroatoms. The van der Waals surface area contributed by atoms with Gasteiger partial charge >= 0.3 is 5.97 Å². The Bertz CT molecular complexity index is 636. The number of methoxy groups -OCH3 is 2. The molecule has 2 rings (SSSR count). The molecule has 1 fully saturated rings. The number of rotatable bonds is 6. The monoisotopic (exact) mass is 380 g/mol. The van der Waals surface area contributed by atoms with Crippen LogP contribution in [0.25, 0.3) is 0 Å². The van der Waals surface area contributed by atoms with Crippen molar-refractivity contribution in [2.24, 2.45) is 0 Å². The van der Waals surface area contributed by atoms with Gasteiger partial charge in [0.25, 0.3) is 0 Å². The van der Waals surface area contributed by atoms with Crippen molar-refractivity contribution in [2.75, 3.05) is 14.2 Å². The third kappa shape index (κ3) is 4.80. The lowest BCUT2D eigenvalue weighted by atomic mass is 10.2. The third-order valence-corrected chi connectivity index (χ3v) is 10.0. The van der Waals surface area contributed by atoms with E-state index < -0.39 is 8.32 Å². The molecule has 0 amide bonds. The summed E-state index contributed by atoms with van der Waals surface area (Å²) in [7, 11) is 1.18. The van der Waals surface area contributed by atoms with Gasteiger partial charge in [-0.1, -0.05) is 20.8 Å². The molecule has 2 atom stereocenters. The van der Waals surface area contributed by atoms with Crippen LogP contribution in [0, 0.1) is 0 Å². The summed E-state index contributed by atoms with van der Waals surface area (Å²) in [5, 5.41) is 0.198. The van der Waals surface area contributed by atoms with E-state index in [0.29, 0.717) is 17.1 Å². The highest BCUT2D eigenvalue weighted by Crippen LogP contribution is 2.40. The highest BCUT2D eigenvalue weighted by molar-refractivity contribution is 6.74. The first-order valence-electron chi connectivity index (χ1n) is 9.18. The zero-order valence-corrected chi connectivity index (χ0v) is 18.0. The van der Waals surface area contributed by atoms with Gasteiger partial charge in [-0.3, -0.25) is 0 Å². The minimum atomic E-state index is -1.78. The molecule has 1 aliphatic rings. The van der Waals surface area contributed by atoms with Crippen LogP contribution in [0.5, 0.6) is 11.5 Å². The second-order valence-electron chi connectivity index (χ2n) is 8.41. The van der Waals surface area contributed by atoms with Gasteiger partial charge in [0.05, 0.1) is 19.8 Å². The smallest absolute Gasteiger partial charge is 0.337 e. The normalized spacial score (nSPS) is 20.7. The summed E-state index contributed by atoms with van der Waals surface area (Å²) < 4.78 is 22.8. The van der Waals surface area contributed by atoms with Crippen molar-refractivity contribution in [2.45, 2.75) is 70.4 Å². The Morgan fingerprint density at radius 2 is 1.73 bits per heavy atom. The van der Waals surface area contributed by atoms with Crippen molar-refractivity contribution in [1.29, 1.82) is 0 Å². The van der Waals surface area contributed by atoms with E-state index in [4.69, 9.17) is 18.6 Å². The maximum atomic E-state index is 11.8. The molecule has 5 nitrogen and oxygen atoms in total. The van der Waals surface area contributed by atoms with Crippen LogP contribution in [0.15, 0.2) is 18.2 Å². The maximum absolute atomic E-state index is 11.8. The second kappa shape index (κ2) is 8.01. The Morgan fingerprint density at radius 1 is 1.08 bits per heavy atom. The Kier molecular flexibility index (Phi) is 6.40. The summed E-state index contributed by atoms with van der Waals surface area (Å²) in [6.07, 6.45) is 3.08. The molecular formula is C20H32O5Si. The first-order chi connectivity index (χ1) is 12.1. The zero-order valence-electron chi connectivity index (χ0n) is 17.0. The molecular weight excluding hydrogens is 348 g/mol. The third-order valence-electron chi connectivity index (χ3n) is 5.48. The number of carbonyl (C=O) groups excluding carboxylic acids is 1. The quantitative estimate of drug-likeness (QED) is 0.524. The number of carbonyl (C=O) groups is 1. The molecule has 0 bridgehead atoms. The summed E-state index contributed by atoms with van der Waals surface area (Å²) in [4.78, 5) is 11.8. The molecule has 0 spiro atoms. The number of benzene rings is 1.